The van der Waals surface area contributed by atoms with Gasteiger partial charge in [-0.05, 0) is 29.5 Å². The van der Waals surface area contributed by atoms with Crippen LogP contribution in [0, 0.1) is 5.92 Å². The van der Waals surface area contributed by atoms with Gasteiger partial charge in [0.15, 0.2) is 0 Å². The summed E-state index contributed by atoms with van der Waals surface area (Å²) in [6, 6.07) is 8.14. The second kappa shape index (κ2) is 10.9. The quantitative estimate of drug-likeness (QED) is 0.673. The molecule has 7 nitrogen and oxygen atoms in total. The number of nitrogens with one attached hydrogen (secondary N) is 1. The number of thiophene rings is 1. The fourth-order valence-corrected chi connectivity index (χ4v) is 4.48. The highest BCUT2D eigenvalue weighted by Gasteiger charge is 2.42. The molecular formula is C21H24F3N3O4S. The molecule has 2 aliphatic heterocycles. The molecule has 4 rings (SSSR count). The van der Waals surface area contributed by atoms with Crippen molar-refractivity contribution < 1.29 is 32.6 Å². The first-order chi connectivity index (χ1) is 15.2. The number of pyridine rings is 1. The first kappa shape index (κ1) is 24.1. The highest BCUT2D eigenvalue weighted by molar-refractivity contribution is 7.09. The summed E-state index contributed by atoms with van der Waals surface area (Å²) in [5, 5.41) is 12.1. The number of alkyl halides is 3. The van der Waals surface area contributed by atoms with Crippen LogP contribution >= 0.6 is 11.3 Å². The van der Waals surface area contributed by atoms with Crippen LogP contribution in [-0.4, -0.2) is 58.3 Å². The fraction of sp³-hybridized carbons (Fsp3) is 0.476. The smallest absolute Gasteiger partial charge is 0.475 e. The van der Waals surface area contributed by atoms with Crippen LogP contribution in [0.1, 0.15) is 23.3 Å². The van der Waals surface area contributed by atoms with Crippen molar-refractivity contribution in [2.45, 2.75) is 44.3 Å². The minimum absolute atomic E-state index is 0.0684. The Morgan fingerprint density at radius 2 is 2.06 bits per heavy atom. The molecule has 4 heterocycles. The van der Waals surface area contributed by atoms with Gasteiger partial charge in [-0.3, -0.25) is 14.7 Å². The summed E-state index contributed by atoms with van der Waals surface area (Å²) in [6.07, 6.45) is 0.446. The average molecular weight is 472 g/mol. The van der Waals surface area contributed by atoms with E-state index in [1.807, 2.05) is 29.8 Å². The molecule has 0 aromatic carbocycles. The van der Waals surface area contributed by atoms with Gasteiger partial charge in [-0.2, -0.15) is 13.2 Å². The van der Waals surface area contributed by atoms with Crippen LogP contribution in [0.5, 0.6) is 0 Å². The van der Waals surface area contributed by atoms with Crippen molar-refractivity contribution in [3.05, 3.63) is 52.5 Å². The molecule has 3 atom stereocenters. The van der Waals surface area contributed by atoms with Crippen LogP contribution in [0.3, 0.4) is 0 Å². The number of amides is 1. The van der Waals surface area contributed by atoms with Gasteiger partial charge in [0, 0.05) is 42.8 Å². The summed E-state index contributed by atoms with van der Waals surface area (Å²) in [6.45, 7) is 3.55. The molecule has 174 valence electrons. The summed E-state index contributed by atoms with van der Waals surface area (Å²) in [5.74, 6) is -2.12. The topological polar surface area (TPSA) is 91.8 Å². The molecule has 2 aliphatic rings. The summed E-state index contributed by atoms with van der Waals surface area (Å²) < 4.78 is 37.9. The van der Waals surface area contributed by atoms with Gasteiger partial charge >= 0.3 is 12.1 Å². The van der Waals surface area contributed by atoms with E-state index >= 15 is 0 Å². The van der Waals surface area contributed by atoms with Gasteiger partial charge in [-0.1, -0.05) is 12.1 Å². The maximum Gasteiger partial charge on any atom is 0.490 e. The SMILES string of the molecule is O=C(C[C@@H]1C[C@H]2CN(Cc3cccnc3)C[C@H]2O1)NCc1cccs1.O=C(O)C(F)(F)F. The number of carboxylic acid groups (broad SMARTS) is 1. The van der Waals surface area contributed by atoms with E-state index in [2.05, 4.69) is 21.3 Å². The zero-order valence-electron chi connectivity index (χ0n) is 17.1. The summed E-state index contributed by atoms with van der Waals surface area (Å²) in [7, 11) is 0. The monoisotopic (exact) mass is 471 g/mol. The molecule has 0 radical (unpaired) electrons. The lowest BCUT2D eigenvalue weighted by Crippen LogP contribution is -2.29. The van der Waals surface area contributed by atoms with Crippen LogP contribution < -0.4 is 5.32 Å². The highest BCUT2D eigenvalue weighted by Crippen LogP contribution is 2.34. The van der Waals surface area contributed by atoms with Crippen LogP contribution in [0.2, 0.25) is 0 Å². The van der Waals surface area contributed by atoms with Gasteiger partial charge in [-0.25, -0.2) is 4.79 Å². The number of carbonyl (C=O) groups excluding carboxylic acids is 1. The number of fused-ring (bicyclic) bond motifs is 1. The molecule has 2 aromatic heterocycles. The van der Waals surface area contributed by atoms with Crippen molar-refractivity contribution in [2.75, 3.05) is 13.1 Å². The predicted molar refractivity (Wildman–Crippen MR) is 111 cm³/mol. The highest BCUT2D eigenvalue weighted by atomic mass is 32.1. The number of ether oxygens (including phenoxy) is 1. The second-order valence-electron chi connectivity index (χ2n) is 7.71. The van der Waals surface area contributed by atoms with Crippen LogP contribution in [-0.2, 0) is 27.4 Å². The molecule has 1 amide bonds. The number of nitrogens with zero attached hydrogens (tertiary/aromatic N) is 2. The van der Waals surface area contributed by atoms with Crippen LogP contribution in [0.4, 0.5) is 13.2 Å². The molecule has 2 N–H and O–H groups in total. The van der Waals surface area contributed by atoms with E-state index in [-0.39, 0.29) is 18.1 Å². The number of halogens is 3. The molecule has 11 heteroatoms. The Balaban J connectivity index is 0.000000360. The fourth-order valence-electron chi connectivity index (χ4n) is 3.84. The van der Waals surface area contributed by atoms with Gasteiger partial charge < -0.3 is 15.2 Å². The zero-order chi connectivity index (χ0) is 23.1. The number of likely N-dealkylation sites (tertiary alicyclic amines) is 1. The Labute approximate surface area is 187 Å². The normalized spacial score (nSPS) is 22.7. The number of carbonyl (C=O) groups is 2. The van der Waals surface area contributed by atoms with Crippen molar-refractivity contribution >= 4 is 23.2 Å². The van der Waals surface area contributed by atoms with Gasteiger partial charge in [0.2, 0.25) is 5.91 Å². The van der Waals surface area contributed by atoms with Crippen LogP contribution in [0.15, 0.2) is 42.0 Å². The Morgan fingerprint density at radius 1 is 1.28 bits per heavy atom. The third kappa shape index (κ3) is 7.28. The van der Waals surface area contributed by atoms with Crippen molar-refractivity contribution in [1.29, 1.82) is 0 Å². The minimum atomic E-state index is -5.08. The average Bonchev–Trinajstić information content (AvgIpc) is 3.44. The molecule has 32 heavy (non-hydrogen) atoms. The molecule has 2 fully saturated rings. The second-order valence-corrected chi connectivity index (χ2v) is 8.74. The van der Waals surface area contributed by atoms with E-state index in [0.29, 0.717) is 18.9 Å². The summed E-state index contributed by atoms with van der Waals surface area (Å²) >= 11 is 1.67. The first-order valence-electron chi connectivity index (χ1n) is 10.1. The number of hydrogen-bond acceptors (Lipinski definition) is 6. The third-order valence-electron chi connectivity index (χ3n) is 5.21. The van der Waals surface area contributed by atoms with Crippen molar-refractivity contribution in [3.63, 3.8) is 0 Å². The van der Waals surface area contributed by atoms with Crippen molar-refractivity contribution in [2.24, 2.45) is 5.92 Å². The lowest BCUT2D eigenvalue weighted by atomic mass is 10.0. The lowest BCUT2D eigenvalue weighted by Gasteiger charge is -2.19. The summed E-state index contributed by atoms with van der Waals surface area (Å²) in [4.78, 5) is 28.8. The maximum absolute atomic E-state index is 12.1. The largest absolute Gasteiger partial charge is 0.490 e. The third-order valence-corrected chi connectivity index (χ3v) is 6.09. The maximum atomic E-state index is 12.1. The predicted octanol–water partition coefficient (Wildman–Crippen LogP) is 3.07. The van der Waals surface area contributed by atoms with E-state index in [1.165, 1.54) is 10.4 Å². The van der Waals surface area contributed by atoms with Crippen LogP contribution in [0.25, 0.3) is 0 Å². The van der Waals surface area contributed by atoms with E-state index in [9.17, 15) is 18.0 Å². The molecule has 2 saturated heterocycles. The summed E-state index contributed by atoms with van der Waals surface area (Å²) in [5.41, 5.74) is 1.24. The van der Waals surface area contributed by atoms with E-state index in [4.69, 9.17) is 14.6 Å². The Morgan fingerprint density at radius 3 is 2.66 bits per heavy atom. The minimum Gasteiger partial charge on any atom is -0.475 e. The number of aliphatic carboxylic acids is 1. The van der Waals surface area contributed by atoms with E-state index in [0.717, 1.165) is 26.1 Å². The number of aromatic nitrogens is 1. The Hall–Kier alpha value is -2.50. The zero-order valence-corrected chi connectivity index (χ0v) is 17.9. The Kier molecular flexibility index (Phi) is 8.21. The molecule has 0 spiro atoms. The molecule has 0 bridgehead atoms. The number of hydrogen-bond donors (Lipinski definition) is 2. The lowest BCUT2D eigenvalue weighted by molar-refractivity contribution is -0.192. The van der Waals surface area contributed by atoms with Gasteiger partial charge in [0.1, 0.15) is 0 Å². The molecule has 0 saturated carbocycles. The van der Waals surface area contributed by atoms with Crippen molar-refractivity contribution in [1.82, 2.24) is 15.2 Å². The molecule has 0 unspecified atom stereocenters. The number of carboxylic acids is 1. The number of rotatable bonds is 6. The standard InChI is InChI=1S/C19H23N3O2S.C2HF3O2/c23-19(21-10-17-4-2-6-25-17)8-16-7-15-12-22(13-18(15)24-16)11-14-3-1-5-20-9-14;3-2(4,5)1(6)7/h1-6,9,15-16,18H,7-8,10-13H2,(H,21,23);(H,6,7)/t15-,16-,18+;/m0./s1. The van der Waals surface area contributed by atoms with Gasteiger partial charge in [0.05, 0.1) is 25.2 Å². The molecule has 0 aliphatic carbocycles. The van der Waals surface area contributed by atoms with E-state index in [1.54, 1.807) is 17.5 Å². The van der Waals surface area contributed by atoms with Gasteiger partial charge in [-0.15, -0.1) is 11.3 Å². The molecule has 2 aromatic rings. The molecular weight excluding hydrogens is 447 g/mol. The van der Waals surface area contributed by atoms with Crippen molar-refractivity contribution in [3.8, 4) is 0 Å². The first-order valence-corrected chi connectivity index (χ1v) is 10.9. The van der Waals surface area contributed by atoms with Gasteiger partial charge in [0.25, 0.3) is 0 Å². The Bertz CT molecular complexity index is 866. The van der Waals surface area contributed by atoms with E-state index < -0.39 is 12.1 Å².